The molecule has 0 saturated heterocycles. The predicted molar refractivity (Wildman–Crippen MR) is 94.5 cm³/mol. The molecule has 0 fully saturated rings. The van der Waals surface area contributed by atoms with Crippen molar-refractivity contribution in [1.29, 1.82) is 0 Å². The maximum atomic E-state index is 12.6. The van der Waals surface area contributed by atoms with Crippen molar-refractivity contribution in [2.45, 2.75) is 17.1 Å². The molecule has 6 nitrogen and oxygen atoms in total. The molecule has 3 rings (SSSR count). The van der Waals surface area contributed by atoms with Gasteiger partial charge in [-0.2, -0.15) is 0 Å². The van der Waals surface area contributed by atoms with Crippen molar-refractivity contribution in [2.24, 2.45) is 0 Å². The van der Waals surface area contributed by atoms with E-state index in [1.807, 2.05) is 0 Å². The zero-order valence-electron chi connectivity index (χ0n) is 12.7. The fraction of sp³-hybridized carbons (Fsp3) is 0.200. The number of carbonyl (C=O) groups is 2. The zero-order chi connectivity index (χ0) is 17.6. The number of fused-ring (bicyclic) bond motifs is 1. The van der Waals surface area contributed by atoms with Crippen molar-refractivity contribution < 1.29 is 18.0 Å². The largest absolute Gasteiger partial charge is 0.325 e. The van der Waals surface area contributed by atoms with Crippen molar-refractivity contribution in [2.75, 3.05) is 12.4 Å². The SMILES string of the molecule is Cc1cc2c(s1)S(=O)(=O)N(C)C(=O)C2C(=O)Nc1ccc(Br)cc1. The normalized spacial score (nSPS) is 19.0. The molecule has 24 heavy (non-hydrogen) atoms. The number of sulfonamides is 1. The van der Waals surface area contributed by atoms with Gasteiger partial charge in [0, 0.05) is 27.6 Å². The van der Waals surface area contributed by atoms with Gasteiger partial charge < -0.3 is 5.32 Å². The second kappa shape index (κ2) is 5.98. The van der Waals surface area contributed by atoms with Crippen LogP contribution in [-0.4, -0.2) is 31.6 Å². The van der Waals surface area contributed by atoms with Gasteiger partial charge in [0.05, 0.1) is 0 Å². The highest BCUT2D eigenvalue weighted by atomic mass is 79.9. The monoisotopic (exact) mass is 428 g/mol. The van der Waals surface area contributed by atoms with Crippen molar-refractivity contribution in [3.63, 3.8) is 0 Å². The number of halogens is 1. The smallest absolute Gasteiger partial charge is 0.276 e. The molecule has 2 heterocycles. The Balaban J connectivity index is 2.01. The molecular formula is C15H13BrN2O4S2. The summed E-state index contributed by atoms with van der Waals surface area (Å²) in [6.07, 6.45) is 0. The second-order valence-corrected chi connectivity index (χ2v) is 9.68. The summed E-state index contributed by atoms with van der Waals surface area (Å²) in [5.41, 5.74) is 0.774. The Morgan fingerprint density at radius 3 is 2.54 bits per heavy atom. The lowest BCUT2D eigenvalue weighted by Crippen LogP contribution is -2.45. The molecule has 0 saturated carbocycles. The number of nitrogens with zero attached hydrogens (tertiary/aromatic N) is 1. The molecule has 1 atom stereocenters. The molecule has 9 heteroatoms. The number of carbonyl (C=O) groups excluding carboxylic acids is 2. The van der Waals surface area contributed by atoms with E-state index in [1.54, 1.807) is 37.3 Å². The summed E-state index contributed by atoms with van der Waals surface area (Å²) >= 11 is 4.37. The summed E-state index contributed by atoms with van der Waals surface area (Å²) in [7, 11) is -2.70. The fourth-order valence-corrected chi connectivity index (χ4v) is 5.73. The molecule has 1 aliphatic rings. The molecule has 0 aliphatic carbocycles. The van der Waals surface area contributed by atoms with Crippen molar-refractivity contribution >= 4 is 54.8 Å². The molecule has 1 unspecified atom stereocenters. The molecule has 2 amide bonds. The Morgan fingerprint density at radius 1 is 1.29 bits per heavy atom. The first-order valence-corrected chi connectivity index (χ1v) is 9.96. The summed E-state index contributed by atoms with van der Waals surface area (Å²) in [6, 6.07) is 8.49. The third kappa shape index (κ3) is 2.76. The van der Waals surface area contributed by atoms with Crippen LogP contribution in [0.5, 0.6) is 0 Å². The van der Waals surface area contributed by atoms with Crippen LogP contribution in [0, 0.1) is 6.92 Å². The van der Waals surface area contributed by atoms with Crippen LogP contribution in [-0.2, 0) is 19.6 Å². The van der Waals surface area contributed by atoms with Gasteiger partial charge in [-0.25, -0.2) is 12.7 Å². The van der Waals surface area contributed by atoms with Gasteiger partial charge in [-0.1, -0.05) is 15.9 Å². The van der Waals surface area contributed by atoms with Gasteiger partial charge in [0.1, 0.15) is 10.1 Å². The van der Waals surface area contributed by atoms with Crippen molar-refractivity contribution in [1.82, 2.24) is 4.31 Å². The molecule has 1 N–H and O–H groups in total. The first-order valence-electron chi connectivity index (χ1n) is 6.91. The summed E-state index contributed by atoms with van der Waals surface area (Å²) in [5.74, 6) is -2.49. The number of amides is 2. The number of thiophene rings is 1. The maximum absolute atomic E-state index is 12.6. The number of hydrogen-bond acceptors (Lipinski definition) is 5. The fourth-order valence-electron chi connectivity index (χ4n) is 2.47. The van der Waals surface area contributed by atoms with Crippen LogP contribution in [0.4, 0.5) is 5.69 Å². The zero-order valence-corrected chi connectivity index (χ0v) is 16.0. The van der Waals surface area contributed by atoms with E-state index < -0.39 is 27.8 Å². The van der Waals surface area contributed by atoms with Gasteiger partial charge in [0.2, 0.25) is 5.91 Å². The third-order valence-corrected chi connectivity index (χ3v) is 7.56. The van der Waals surface area contributed by atoms with Gasteiger partial charge in [0.15, 0.2) is 0 Å². The lowest BCUT2D eigenvalue weighted by atomic mass is 9.99. The van der Waals surface area contributed by atoms with Gasteiger partial charge in [-0.15, -0.1) is 11.3 Å². The summed E-state index contributed by atoms with van der Waals surface area (Å²) in [6.45, 7) is 1.74. The number of aryl methyl sites for hydroxylation is 1. The number of nitrogens with one attached hydrogen (secondary N) is 1. The van der Waals surface area contributed by atoms with Crippen LogP contribution in [0.25, 0.3) is 0 Å². The van der Waals surface area contributed by atoms with E-state index in [2.05, 4.69) is 21.2 Å². The van der Waals surface area contributed by atoms with E-state index in [4.69, 9.17) is 0 Å². The van der Waals surface area contributed by atoms with E-state index in [0.29, 0.717) is 9.99 Å². The Bertz CT molecular complexity index is 935. The second-order valence-electron chi connectivity index (χ2n) is 5.34. The summed E-state index contributed by atoms with van der Waals surface area (Å²) < 4.78 is 26.3. The van der Waals surface area contributed by atoms with Crippen molar-refractivity contribution in [3.8, 4) is 0 Å². The Hall–Kier alpha value is -1.71. The topological polar surface area (TPSA) is 83.6 Å². The molecule has 0 bridgehead atoms. The molecule has 1 aliphatic heterocycles. The number of rotatable bonds is 2. The molecule has 2 aromatic rings. The van der Waals surface area contributed by atoms with Crippen LogP contribution >= 0.6 is 27.3 Å². The predicted octanol–water partition coefficient (Wildman–Crippen LogP) is 2.70. The number of hydrogen-bond donors (Lipinski definition) is 1. The number of benzene rings is 1. The van der Waals surface area contributed by atoms with E-state index in [1.165, 1.54) is 7.05 Å². The van der Waals surface area contributed by atoms with E-state index in [0.717, 1.165) is 20.7 Å². The van der Waals surface area contributed by atoms with E-state index in [9.17, 15) is 18.0 Å². The molecular weight excluding hydrogens is 416 g/mol. The first kappa shape index (κ1) is 17.1. The highest BCUT2D eigenvalue weighted by Crippen LogP contribution is 2.40. The average Bonchev–Trinajstić information content (AvgIpc) is 2.90. The Kier molecular flexibility index (Phi) is 4.27. The lowest BCUT2D eigenvalue weighted by Gasteiger charge is -2.28. The van der Waals surface area contributed by atoms with E-state index in [-0.39, 0.29) is 9.77 Å². The minimum absolute atomic E-state index is 0.0538. The minimum atomic E-state index is -3.88. The van der Waals surface area contributed by atoms with Crippen molar-refractivity contribution in [3.05, 3.63) is 45.2 Å². The Morgan fingerprint density at radius 2 is 1.92 bits per heavy atom. The van der Waals surface area contributed by atoms with Gasteiger partial charge in [-0.3, -0.25) is 9.59 Å². The maximum Gasteiger partial charge on any atom is 0.276 e. The van der Waals surface area contributed by atoms with Crippen LogP contribution in [0.2, 0.25) is 0 Å². The van der Waals surface area contributed by atoms with Gasteiger partial charge in [-0.05, 0) is 37.3 Å². The highest BCUT2D eigenvalue weighted by molar-refractivity contribution is 9.10. The van der Waals surface area contributed by atoms with Crippen LogP contribution in [0.1, 0.15) is 16.4 Å². The number of anilines is 1. The van der Waals surface area contributed by atoms with Gasteiger partial charge >= 0.3 is 0 Å². The Labute approximate surface area is 151 Å². The van der Waals surface area contributed by atoms with Crippen LogP contribution < -0.4 is 5.32 Å². The third-order valence-electron chi connectivity index (χ3n) is 3.69. The molecule has 1 aromatic heterocycles. The van der Waals surface area contributed by atoms with E-state index >= 15 is 0 Å². The minimum Gasteiger partial charge on any atom is -0.325 e. The lowest BCUT2D eigenvalue weighted by molar-refractivity contribution is -0.132. The van der Waals surface area contributed by atoms with Crippen LogP contribution in [0.3, 0.4) is 0 Å². The summed E-state index contributed by atoms with van der Waals surface area (Å²) in [5, 5.41) is 2.67. The average molecular weight is 429 g/mol. The highest BCUT2D eigenvalue weighted by Gasteiger charge is 2.45. The first-order chi connectivity index (χ1) is 11.2. The summed E-state index contributed by atoms with van der Waals surface area (Å²) in [4.78, 5) is 25.8. The van der Waals surface area contributed by atoms with Crippen LogP contribution in [0.15, 0.2) is 39.0 Å². The number of likely N-dealkylation sites (N-methyl/N-ethyl adjacent to an activating group) is 1. The quantitative estimate of drug-likeness (QED) is 0.745. The standard InChI is InChI=1S/C15H13BrN2O4S2/c1-8-7-11-12(13(19)17-10-5-3-9(16)4-6-10)14(20)18(2)24(21,22)15(11)23-8/h3-7,12H,1-2H3,(H,17,19). The molecule has 126 valence electrons. The molecule has 1 aromatic carbocycles. The molecule has 0 radical (unpaired) electrons. The molecule has 0 spiro atoms. The van der Waals surface area contributed by atoms with Gasteiger partial charge in [0.25, 0.3) is 15.9 Å².